The number of benzene rings is 3. The van der Waals surface area contributed by atoms with Crippen LogP contribution in [0.15, 0.2) is 85.1 Å². The number of carbonyl (C=O) groups excluding carboxylic acids is 1. The Bertz CT molecular complexity index is 1230. The van der Waals surface area contributed by atoms with Crippen molar-refractivity contribution in [2.24, 2.45) is 0 Å². The highest BCUT2D eigenvalue weighted by atomic mass is 16.5. The van der Waals surface area contributed by atoms with E-state index in [2.05, 4.69) is 33.4 Å². The maximum Gasteiger partial charge on any atom is 0.251 e. The quantitative estimate of drug-likeness (QED) is 0.441. The van der Waals surface area contributed by atoms with Gasteiger partial charge >= 0.3 is 0 Å². The number of carbonyl (C=O) groups is 1. The third-order valence-corrected chi connectivity index (χ3v) is 5.78. The smallest absolute Gasteiger partial charge is 0.251 e. The summed E-state index contributed by atoms with van der Waals surface area (Å²) in [6, 6.07) is 25.3. The first kappa shape index (κ1) is 20.1. The second-order valence-corrected chi connectivity index (χ2v) is 8.00. The molecule has 4 aromatic rings. The summed E-state index contributed by atoms with van der Waals surface area (Å²) in [7, 11) is 0. The van der Waals surface area contributed by atoms with Crippen molar-refractivity contribution in [3.05, 3.63) is 96.2 Å². The third-order valence-electron chi connectivity index (χ3n) is 5.78. The second-order valence-electron chi connectivity index (χ2n) is 8.00. The number of hydrogen-bond acceptors (Lipinski definition) is 4. The number of amides is 1. The first-order valence-electron chi connectivity index (χ1n) is 11.0. The number of hydrogen-bond donors (Lipinski definition) is 1. The van der Waals surface area contributed by atoms with E-state index >= 15 is 0 Å². The van der Waals surface area contributed by atoms with Gasteiger partial charge in [-0.2, -0.15) is 0 Å². The Kier molecular flexibility index (Phi) is 5.71. The molecule has 0 spiro atoms. The Hall–Kier alpha value is -3.86. The maximum absolute atomic E-state index is 12.6. The molecular formula is C27H25N3O2. The molecule has 160 valence electrons. The predicted octanol–water partition coefficient (Wildman–Crippen LogP) is 5.56. The van der Waals surface area contributed by atoms with Gasteiger partial charge in [-0.25, -0.2) is 0 Å². The minimum absolute atomic E-state index is 0.130. The summed E-state index contributed by atoms with van der Waals surface area (Å²) in [5, 5.41) is 3.91. The number of pyridine rings is 1. The molecule has 5 nitrogen and oxygen atoms in total. The standard InChI is InChI=1S/C27H25N3O2/c31-27(29-19-20-7-2-1-3-8-20)21-9-6-10-23(17-21)32-26-13-14-28-25-18-22(11-12-24(25)26)30-15-4-5-16-30/h1-3,6-14,17-18H,4-5,15-16,19H2,(H,29,31). The molecule has 0 bridgehead atoms. The van der Waals surface area contributed by atoms with E-state index < -0.39 is 0 Å². The lowest BCUT2D eigenvalue weighted by molar-refractivity contribution is 0.0950. The van der Waals surface area contributed by atoms with Crippen LogP contribution in [0.1, 0.15) is 28.8 Å². The van der Waals surface area contributed by atoms with Crippen LogP contribution in [-0.2, 0) is 6.54 Å². The molecule has 2 heterocycles. The van der Waals surface area contributed by atoms with Gasteiger partial charge in [0, 0.05) is 42.5 Å². The van der Waals surface area contributed by atoms with E-state index in [1.54, 1.807) is 18.3 Å². The van der Waals surface area contributed by atoms with Gasteiger partial charge < -0.3 is 15.0 Å². The Balaban J connectivity index is 1.33. The number of rotatable bonds is 6. The monoisotopic (exact) mass is 423 g/mol. The summed E-state index contributed by atoms with van der Waals surface area (Å²) in [6.45, 7) is 2.68. The van der Waals surface area contributed by atoms with E-state index in [1.807, 2.05) is 48.5 Å². The minimum atomic E-state index is -0.130. The van der Waals surface area contributed by atoms with Crippen molar-refractivity contribution < 1.29 is 9.53 Å². The van der Waals surface area contributed by atoms with E-state index in [0.717, 1.165) is 35.3 Å². The molecule has 5 rings (SSSR count). The molecule has 0 aliphatic carbocycles. The van der Waals surface area contributed by atoms with Crippen molar-refractivity contribution in [2.45, 2.75) is 19.4 Å². The number of nitrogens with one attached hydrogen (secondary N) is 1. The lowest BCUT2D eigenvalue weighted by atomic mass is 10.1. The zero-order valence-corrected chi connectivity index (χ0v) is 17.8. The van der Waals surface area contributed by atoms with Gasteiger partial charge in [-0.05, 0) is 60.9 Å². The Morgan fingerprint density at radius 1 is 0.938 bits per heavy atom. The van der Waals surface area contributed by atoms with Crippen LogP contribution in [0, 0.1) is 0 Å². The first-order valence-corrected chi connectivity index (χ1v) is 11.0. The number of anilines is 1. The molecule has 1 saturated heterocycles. The summed E-state index contributed by atoms with van der Waals surface area (Å²) >= 11 is 0. The van der Waals surface area contributed by atoms with Crippen LogP contribution in [0.3, 0.4) is 0 Å². The van der Waals surface area contributed by atoms with Crippen LogP contribution < -0.4 is 15.0 Å². The molecule has 0 radical (unpaired) electrons. The SMILES string of the molecule is O=C(NCc1ccccc1)c1cccc(Oc2ccnc3cc(N4CCCC4)ccc23)c1. The minimum Gasteiger partial charge on any atom is -0.457 e. The van der Waals surface area contributed by atoms with Crippen LogP contribution in [0.25, 0.3) is 10.9 Å². The largest absolute Gasteiger partial charge is 0.457 e. The third kappa shape index (κ3) is 4.42. The van der Waals surface area contributed by atoms with E-state index in [4.69, 9.17) is 4.74 Å². The van der Waals surface area contributed by atoms with E-state index in [1.165, 1.54) is 18.5 Å². The molecule has 1 aliphatic heterocycles. The van der Waals surface area contributed by atoms with Crippen molar-refractivity contribution in [3.63, 3.8) is 0 Å². The molecule has 0 saturated carbocycles. The van der Waals surface area contributed by atoms with Gasteiger partial charge in [0.25, 0.3) is 5.91 Å². The lowest BCUT2D eigenvalue weighted by Gasteiger charge is -2.18. The van der Waals surface area contributed by atoms with E-state index in [-0.39, 0.29) is 5.91 Å². The number of fused-ring (bicyclic) bond motifs is 1. The molecular weight excluding hydrogens is 398 g/mol. The Morgan fingerprint density at radius 3 is 2.62 bits per heavy atom. The van der Waals surface area contributed by atoms with Gasteiger partial charge in [-0.15, -0.1) is 0 Å². The molecule has 1 amide bonds. The van der Waals surface area contributed by atoms with Gasteiger partial charge in [0.2, 0.25) is 0 Å². The highest BCUT2D eigenvalue weighted by Gasteiger charge is 2.14. The van der Waals surface area contributed by atoms with Crippen molar-refractivity contribution >= 4 is 22.5 Å². The van der Waals surface area contributed by atoms with Crippen molar-refractivity contribution in [1.29, 1.82) is 0 Å². The molecule has 1 N–H and O–H groups in total. The van der Waals surface area contributed by atoms with Crippen LogP contribution in [0.4, 0.5) is 5.69 Å². The maximum atomic E-state index is 12.6. The summed E-state index contributed by atoms with van der Waals surface area (Å²) in [5.74, 6) is 1.22. The number of ether oxygens (including phenoxy) is 1. The molecule has 0 unspecified atom stereocenters. The van der Waals surface area contributed by atoms with Crippen molar-refractivity contribution in [3.8, 4) is 11.5 Å². The summed E-state index contributed by atoms with van der Waals surface area (Å²) in [5.41, 5.74) is 3.73. The van der Waals surface area contributed by atoms with Crippen molar-refractivity contribution in [1.82, 2.24) is 10.3 Å². The Labute approximate surface area is 187 Å². The number of nitrogens with zero attached hydrogens (tertiary/aromatic N) is 2. The van der Waals surface area contributed by atoms with Crippen LogP contribution in [-0.4, -0.2) is 24.0 Å². The van der Waals surface area contributed by atoms with Crippen LogP contribution in [0.2, 0.25) is 0 Å². The average molecular weight is 424 g/mol. The zero-order valence-electron chi connectivity index (χ0n) is 17.8. The fourth-order valence-electron chi connectivity index (χ4n) is 4.08. The molecule has 1 fully saturated rings. The molecule has 1 aromatic heterocycles. The van der Waals surface area contributed by atoms with E-state index in [9.17, 15) is 4.79 Å². The highest BCUT2D eigenvalue weighted by Crippen LogP contribution is 2.32. The molecule has 1 aliphatic rings. The van der Waals surface area contributed by atoms with Gasteiger partial charge in [-0.3, -0.25) is 9.78 Å². The first-order chi connectivity index (χ1) is 15.8. The fourth-order valence-corrected chi connectivity index (χ4v) is 4.08. The van der Waals surface area contributed by atoms with Gasteiger partial charge in [-0.1, -0.05) is 36.4 Å². The molecule has 0 atom stereocenters. The molecule has 32 heavy (non-hydrogen) atoms. The van der Waals surface area contributed by atoms with E-state index in [0.29, 0.717) is 17.9 Å². The second kappa shape index (κ2) is 9.10. The molecule has 5 heteroatoms. The fraction of sp³-hybridized carbons (Fsp3) is 0.185. The van der Waals surface area contributed by atoms with Crippen LogP contribution >= 0.6 is 0 Å². The summed E-state index contributed by atoms with van der Waals surface area (Å²) < 4.78 is 6.18. The molecule has 3 aromatic carbocycles. The Morgan fingerprint density at radius 2 is 1.78 bits per heavy atom. The zero-order chi connectivity index (χ0) is 21.8. The van der Waals surface area contributed by atoms with Gasteiger partial charge in [0.05, 0.1) is 5.52 Å². The lowest BCUT2D eigenvalue weighted by Crippen LogP contribution is -2.22. The van der Waals surface area contributed by atoms with Gasteiger partial charge in [0.15, 0.2) is 0 Å². The average Bonchev–Trinajstić information content (AvgIpc) is 3.38. The highest BCUT2D eigenvalue weighted by molar-refractivity contribution is 5.94. The van der Waals surface area contributed by atoms with Crippen LogP contribution in [0.5, 0.6) is 11.5 Å². The topological polar surface area (TPSA) is 54.5 Å². The number of aromatic nitrogens is 1. The summed E-state index contributed by atoms with van der Waals surface area (Å²) in [4.78, 5) is 19.6. The van der Waals surface area contributed by atoms with Crippen molar-refractivity contribution in [2.75, 3.05) is 18.0 Å². The van der Waals surface area contributed by atoms with Gasteiger partial charge in [0.1, 0.15) is 11.5 Å². The predicted molar refractivity (Wildman–Crippen MR) is 127 cm³/mol. The summed E-state index contributed by atoms with van der Waals surface area (Å²) in [6.07, 6.45) is 4.25. The normalized spacial score (nSPS) is 13.3.